The van der Waals surface area contributed by atoms with E-state index < -0.39 is 0 Å². The Morgan fingerprint density at radius 2 is 1.88 bits per heavy atom. The Morgan fingerprint density at radius 3 is 2.48 bits per heavy atom. The van der Waals surface area contributed by atoms with Crippen molar-refractivity contribution in [2.45, 2.75) is 33.2 Å². The molecule has 0 spiro atoms. The van der Waals surface area contributed by atoms with Gasteiger partial charge in [-0.3, -0.25) is 9.89 Å². The molecule has 0 radical (unpaired) electrons. The molecule has 2 N–H and O–H groups in total. The molecule has 1 aromatic rings. The second-order valence-corrected chi connectivity index (χ2v) is 6.09. The SMILES string of the molecule is CCNC(=NCCN1CCN(c2ncccn2)CC1)NC(C)CC.I. The van der Waals surface area contributed by atoms with Gasteiger partial charge in [-0.1, -0.05) is 6.92 Å². The maximum absolute atomic E-state index is 4.69. The molecule has 1 fully saturated rings. The van der Waals surface area contributed by atoms with E-state index >= 15 is 0 Å². The molecule has 142 valence electrons. The standard InChI is InChI=1S/C17H31N7.HI/c1-4-15(3)22-16(18-5-2)19-9-10-23-11-13-24(14-12-23)17-20-7-6-8-21-17;/h6-8,15H,4-5,9-14H2,1-3H3,(H2,18,19,22);1H. The van der Waals surface area contributed by atoms with Crippen LogP contribution in [0.25, 0.3) is 0 Å². The van der Waals surface area contributed by atoms with Gasteiger partial charge in [-0.05, 0) is 26.3 Å². The highest BCUT2D eigenvalue weighted by Crippen LogP contribution is 2.09. The maximum Gasteiger partial charge on any atom is 0.225 e. The summed E-state index contributed by atoms with van der Waals surface area (Å²) < 4.78 is 0. The van der Waals surface area contributed by atoms with E-state index in [-0.39, 0.29) is 24.0 Å². The van der Waals surface area contributed by atoms with Crippen molar-refractivity contribution in [3.8, 4) is 0 Å². The molecule has 25 heavy (non-hydrogen) atoms. The molecule has 0 amide bonds. The van der Waals surface area contributed by atoms with Gasteiger partial charge in [0.05, 0.1) is 6.54 Å². The largest absolute Gasteiger partial charge is 0.357 e. The minimum absolute atomic E-state index is 0. The van der Waals surface area contributed by atoms with Crippen LogP contribution in [0.2, 0.25) is 0 Å². The molecule has 1 atom stereocenters. The Bertz CT molecular complexity index is 489. The van der Waals surface area contributed by atoms with Crippen LogP contribution in [0.5, 0.6) is 0 Å². The molecular weight excluding hydrogens is 429 g/mol. The van der Waals surface area contributed by atoms with Crippen molar-refractivity contribution in [2.75, 3.05) is 50.7 Å². The molecule has 0 saturated carbocycles. The Labute approximate surface area is 168 Å². The van der Waals surface area contributed by atoms with E-state index in [1.165, 1.54) is 0 Å². The highest BCUT2D eigenvalue weighted by Gasteiger charge is 2.18. The Kier molecular flexibility index (Phi) is 10.7. The third-order valence-electron chi connectivity index (χ3n) is 4.23. The topological polar surface area (TPSA) is 68.7 Å². The van der Waals surface area contributed by atoms with Crippen LogP contribution >= 0.6 is 24.0 Å². The van der Waals surface area contributed by atoms with Crippen molar-refractivity contribution >= 4 is 35.9 Å². The summed E-state index contributed by atoms with van der Waals surface area (Å²) in [6.45, 7) is 13.1. The predicted molar refractivity (Wildman–Crippen MR) is 115 cm³/mol. The van der Waals surface area contributed by atoms with E-state index in [4.69, 9.17) is 0 Å². The molecule has 2 rings (SSSR count). The van der Waals surface area contributed by atoms with E-state index in [0.29, 0.717) is 6.04 Å². The van der Waals surface area contributed by atoms with Gasteiger partial charge in [0.15, 0.2) is 5.96 Å². The highest BCUT2D eigenvalue weighted by atomic mass is 127. The minimum atomic E-state index is 0. The van der Waals surface area contributed by atoms with Gasteiger partial charge in [0.1, 0.15) is 0 Å². The molecule has 0 aromatic carbocycles. The normalized spacial score (nSPS) is 16.9. The number of anilines is 1. The van der Waals surface area contributed by atoms with Crippen LogP contribution in [0, 0.1) is 0 Å². The molecule has 1 aliphatic heterocycles. The van der Waals surface area contributed by atoms with Crippen molar-refractivity contribution < 1.29 is 0 Å². The number of hydrogen-bond donors (Lipinski definition) is 2. The molecule has 2 heterocycles. The van der Waals surface area contributed by atoms with E-state index in [1.807, 2.05) is 6.07 Å². The number of rotatable bonds is 7. The summed E-state index contributed by atoms with van der Waals surface area (Å²) >= 11 is 0. The molecule has 7 nitrogen and oxygen atoms in total. The number of hydrogen-bond acceptors (Lipinski definition) is 5. The van der Waals surface area contributed by atoms with Gasteiger partial charge in [-0.2, -0.15) is 0 Å². The fourth-order valence-corrected chi connectivity index (χ4v) is 2.58. The van der Waals surface area contributed by atoms with Crippen LogP contribution in [0.4, 0.5) is 5.95 Å². The van der Waals surface area contributed by atoms with Crippen molar-refractivity contribution in [3.63, 3.8) is 0 Å². The van der Waals surface area contributed by atoms with Gasteiger partial charge in [0.25, 0.3) is 0 Å². The van der Waals surface area contributed by atoms with Gasteiger partial charge in [-0.25, -0.2) is 9.97 Å². The molecule has 1 unspecified atom stereocenters. The van der Waals surface area contributed by atoms with Crippen molar-refractivity contribution in [3.05, 3.63) is 18.5 Å². The van der Waals surface area contributed by atoms with Crippen LogP contribution in [-0.2, 0) is 0 Å². The monoisotopic (exact) mass is 461 g/mol. The second kappa shape index (κ2) is 12.2. The first-order valence-corrected chi connectivity index (χ1v) is 9.02. The second-order valence-electron chi connectivity index (χ2n) is 6.09. The molecule has 1 saturated heterocycles. The maximum atomic E-state index is 4.69. The fourth-order valence-electron chi connectivity index (χ4n) is 2.58. The zero-order valence-corrected chi connectivity index (χ0v) is 17.9. The number of aliphatic imine (C=N–C) groups is 1. The average Bonchev–Trinajstić information content (AvgIpc) is 2.63. The third kappa shape index (κ3) is 7.72. The lowest BCUT2D eigenvalue weighted by Gasteiger charge is -2.34. The summed E-state index contributed by atoms with van der Waals surface area (Å²) in [6.07, 6.45) is 4.69. The Morgan fingerprint density at radius 1 is 1.20 bits per heavy atom. The molecule has 1 aliphatic rings. The summed E-state index contributed by atoms with van der Waals surface area (Å²) in [7, 11) is 0. The van der Waals surface area contributed by atoms with E-state index in [0.717, 1.165) is 64.1 Å². The van der Waals surface area contributed by atoms with Gasteiger partial charge in [-0.15, -0.1) is 24.0 Å². The number of piperazine rings is 1. The summed E-state index contributed by atoms with van der Waals surface area (Å²) in [5, 5.41) is 6.74. The third-order valence-corrected chi connectivity index (χ3v) is 4.23. The zero-order chi connectivity index (χ0) is 17.2. The predicted octanol–water partition coefficient (Wildman–Crippen LogP) is 1.57. The lowest BCUT2D eigenvalue weighted by molar-refractivity contribution is 0.263. The van der Waals surface area contributed by atoms with Gasteiger partial charge in [0, 0.05) is 57.7 Å². The van der Waals surface area contributed by atoms with Gasteiger partial charge >= 0.3 is 0 Å². The lowest BCUT2D eigenvalue weighted by atomic mass is 10.3. The van der Waals surface area contributed by atoms with Crippen LogP contribution in [0.3, 0.4) is 0 Å². The number of halogens is 1. The van der Waals surface area contributed by atoms with Gasteiger partial charge in [0.2, 0.25) is 5.95 Å². The Balaban J connectivity index is 0.00000312. The molecule has 0 aliphatic carbocycles. The summed E-state index contributed by atoms with van der Waals surface area (Å²) in [4.78, 5) is 18.0. The Hall–Kier alpha value is -1.16. The van der Waals surface area contributed by atoms with E-state index in [2.05, 4.69) is 56.2 Å². The van der Waals surface area contributed by atoms with Crippen LogP contribution < -0.4 is 15.5 Å². The van der Waals surface area contributed by atoms with Crippen molar-refractivity contribution in [2.24, 2.45) is 4.99 Å². The van der Waals surface area contributed by atoms with Crippen LogP contribution in [-0.4, -0.2) is 72.7 Å². The van der Waals surface area contributed by atoms with Crippen molar-refractivity contribution in [1.82, 2.24) is 25.5 Å². The van der Waals surface area contributed by atoms with Crippen LogP contribution in [0.15, 0.2) is 23.5 Å². The number of nitrogens with zero attached hydrogens (tertiary/aromatic N) is 5. The molecular formula is C17H32IN7. The fraction of sp³-hybridized carbons (Fsp3) is 0.706. The lowest BCUT2D eigenvalue weighted by Crippen LogP contribution is -2.48. The average molecular weight is 461 g/mol. The number of guanidine groups is 1. The van der Waals surface area contributed by atoms with Gasteiger partial charge < -0.3 is 15.5 Å². The zero-order valence-electron chi connectivity index (χ0n) is 15.6. The molecule has 8 heteroatoms. The smallest absolute Gasteiger partial charge is 0.225 e. The molecule has 1 aromatic heterocycles. The summed E-state index contributed by atoms with van der Waals surface area (Å²) in [5.74, 6) is 1.76. The summed E-state index contributed by atoms with van der Waals surface area (Å²) in [5.41, 5.74) is 0. The molecule has 0 bridgehead atoms. The van der Waals surface area contributed by atoms with E-state index in [9.17, 15) is 0 Å². The minimum Gasteiger partial charge on any atom is -0.357 e. The van der Waals surface area contributed by atoms with Crippen LogP contribution in [0.1, 0.15) is 27.2 Å². The first-order chi connectivity index (χ1) is 11.7. The first-order valence-electron chi connectivity index (χ1n) is 9.02. The van der Waals surface area contributed by atoms with Crippen molar-refractivity contribution in [1.29, 1.82) is 0 Å². The van der Waals surface area contributed by atoms with E-state index in [1.54, 1.807) is 12.4 Å². The number of nitrogens with one attached hydrogen (secondary N) is 2. The summed E-state index contributed by atoms with van der Waals surface area (Å²) in [6, 6.07) is 2.30. The number of aromatic nitrogens is 2. The highest BCUT2D eigenvalue weighted by molar-refractivity contribution is 14.0. The quantitative estimate of drug-likeness (QED) is 0.365. The first kappa shape index (κ1) is 21.9.